The summed E-state index contributed by atoms with van der Waals surface area (Å²) in [6.07, 6.45) is -0.722. The maximum Gasteiger partial charge on any atom is 0.408 e. The molecule has 212 valence electrons. The Kier molecular flexibility index (Phi) is 12.0. The Morgan fingerprint density at radius 2 is 1.12 bits per heavy atom. The van der Waals surface area contributed by atoms with Gasteiger partial charge in [-0.2, -0.15) is 23.5 Å². The molecule has 0 heterocycles. The van der Waals surface area contributed by atoms with Gasteiger partial charge in [0.25, 0.3) is 0 Å². The van der Waals surface area contributed by atoms with Gasteiger partial charge in [-0.1, -0.05) is 91.0 Å². The first-order valence-corrected chi connectivity index (χ1v) is 15.2. The summed E-state index contributed by atoms with van der Waals surface area (Å²) in [7, 11) is 1.29. The first kappa shape index (κ1) is 31.1. The van der Waals surface area contributed by atoms with Crippen molar-refractivity contribution in [1.29, 1.82) is 0 Å². The van der Waals surface area contributed by atoms with Crippen LogP contribution in [0.4, 0.5) is 4.79 Å². The van der Waals surface area contributed by atoms with Crippen molar-refractivity contribution in [2.45, 2.75) is 43.0 Å². The fourth-order valence-electron chi connectivity index (χ4n) is 3.80. The van der Waals surface area contributed by atoms with Crippen molar-refractivity contribution >= 4 is 41.5 Å². The highest BCUT2D eigenvalue weighted by Crippen LogP contribution is 2.23. The third-order valence-electron chi connectivity index (χ3n) is 6.12. The van der Waals surface area contributed by atoms with Crippen LogP contribution in [0, 0.1) is 0 Å². The minimum absolute atomic E-state index is 0.0670. The van der Waals surface area contributed by atoms with Crippen LogP contribution in [-0.4, -0.2) is 47.7 Å². The summed E-state index contributed by atoms with van der Waals surface area (Å²) in [5.41, 5.74) is 0.351. The topological polar surface area (TPSA) is 93.7 Å². The third kappa shape index (κ3) is 9.64. The highest BCUT2D eigenvalue weighted by Gasteiger charge is 2.43. The SMILES string of the molecule is COC(=O)[C@](C)(CSCc1ccccc1)NC(=O)[C@](C)(CSCc1ccccc1)NC(=O)OCc1ccccc1. The molecule has 2 atom stereocenters. The highest BCUT2D eigenvalue weighted by molar-refractivity contribution is 7.98. The van der Waals surface area contributed by atoms with Crippen LogP contribution in [0.1, 0.15) is 30.5 Å². The molecule has 9 heteroatoms. The molecule has 7 nitrogen and oxygen atoms in total. The summed E-state index contributed by atoms with van der Waals surface area (Å²) in [6, 6.07) is 29.0. The normalized spacial score (nSPS) is 13.8. The van der Waals surface area contributed by atoms with Crippen LogP contribution in [-0.2, 0) is 37.2 Å². The van der Waals surface area contributed by atoms with E-state index in [0.29, 0.717) is 11.5 Å². The second kappa shape index (κ2) is 15.4. The average molecular weight is 581 g/mol. The van der Waals surface area contributed by atoms with E-state index < -0.39 is 29.0 Å². The van der Waals surface area contributed by atoms with Gasteiger partial charge in [0, 0.05) is 23.0 Å². The van der Waals surface area contributed by atoms with Gasteiger partial charge in [-0.3, -0.25) is 4.79 Å². The predicted octanol–water partition coefficient (Wildman–Crippen LogP) is 5.59. The van der Waals surface area contributed by atoms with Gasteiger partial charge in [0.15, 0.2) is 0 Å². The number of carbonyl (C=O) groups excluding carboxylic acids is 3. The zero-order chi connectivity index (χ0) is 28.8. The molecule has 0 radical (unpaired) electrons. The van der Waals surface area contributed by atoms with Crippen molar-refractivity contribution in [1.82, 2.24) is 10.6 Å². The number of alkyl carbamates (subject to hydrolysis) is 1. The molecule has 0 unspecified atom stereocenters. The Balaban J connectivity index is 1.71. The second-order valence-corrected chi connectivity index (χ2v) is 11.7. The van der Waals surface area contributed by atoms with E-state index in [1.165, 1.54) is 30.6 Å². The van der Waals surface area contributed by atoms with Crippen molar-refractivity contribution in [3.63, 3.8) is 0 Å². The van der Waals surface area contributed by atoms with Crippen LogP contribution in [0.5, 0.6) is 0 Å². The Morgan fingerprint density at radius 1 is 0.675 bits per heavy atom. The zero-order valence-corrected chi connectivity index (χ0v) is 24.7. The predicted molar refractivity (Wildman–Crippen MR) is 162 cm³/mol. The number of rotatable bonds is 14. The van der Waals surface area contributed by atoms with Gasteiger partial charge in [-0.15, -0.1) is 0 Å². The molecule has 0 saturated heterocycles. The fraction of sp³-hybridized carbons (Fsp3) is 0.323. The minimum Gasteiger partial charge on any atom is -0.467 e. The van der Waals surface area contributed by atoms with Crippen molar-refractivity contribution in [2.24, 2.45) is 0 Å². The molecule has 0 aliphatic rings. The summed E-state index contributed by atoms with van der Waals surface area (Å²) in [5, 5.41) is 5.64. The van der Waals surface area contributed by atoms with Gasteiger partial charge in [0.1, 0.15) is 17.7 Å². The number of methoxy groups -OCH3 is 1. The van der Waals surface area contributed by atoms with Crippen molar-refractivity contribution in [3.8, 4) is 0 Å². The molecule has 0 aromatic heterocycles. The average Bonchev–Trinajstić information content (AvgIpc) is 2.97. The number of carbonyl (C=O) groups is 3. The number of nitrogens with one attached hydrogen (secondary N) is 2. The maximum absolute atomic E-state index is 13.8. The first-order valence-electron chi connectivity index (χ1n) is 12.9. The standard InChI is InChI=1S/C31H36N2O5S2/c1-30(22-39-20-25-15-9-5-10-16-25,33-29(36)38-19-24-13-7-4-8-14-24)27(34)32-31(2,28(35)37-3)23-40-21-26-17-11-6-12-18-26/h4-18H,19-23H2,1-3H3,(H,32,34)(H,33,36)/t30-,31-/m0/s1. The van der Waals surface area contributed by atoms with Crippen LogP contribution < -0.4 is 10.6 Å². The van der Waals surface area contributed by atoms with E-state index in [1.54, 1.807) is 13.8 Å². The number of amides is 2. The Hall–Kier alpha value is -3.43. The summed E-state index contributed by atoms with van der Waals surface area (Å²) in [6.45, 7) is 3.34. The largest absolute Gasteiger partial charge is 0.467 e. The van der Waals surface area contributed by atoms with E-state index in [4.69, 9.17) is 9.47 Å². The Bertz CT molecular complexity index is 1230. The third-order valence-corrected chi connectivity index (χ3v) is 8.76. The summed E-state index contributed by atoms with van der Waals surface area (Å²) in [5.74, 6) is 0.780. The van der Waals surface area contributed by atoms with Crippen molar-refractivity contribution in [3.05, 3.63) is 108 Å². The molecule has 2 N–H and O–H groups in total. The second-order valence-electron chi connectivity index (χ2n) is 9.75. The van der Waals surface area contributed by atoms with E-state index in [9.17, 15) is 14.4 Å². The molecule has 2 amide bonds. The number of thioether (sulfide) groups is 2. The molecule has 0 aliphatic heterocycles. The smallest absolute Gasteiger partial charge is 0.408 e. The molecule has 0 saturated carbocycles. The molecule has 3 aromatic carbocycles. The number of ether oxygens (including phenoxy) is 2. The van der Waals surface area contributed by atoms with E-state index in [0.717, 1.165) is 16.7 Å². The molecular weight excluding hydrogens is 544 g/mol. The number of hydrogen-bond acceptors (Lipinski definition) is 7. The van der Waals surface area contributed by atoms with Gasteiger partial charge in [0.05, 0.1) is 7.11 Å². The van der Waals surface area contributed by atoms with Gasteiger partial charge in [-0.05, 0) is 30.5 Å². The van der Waals surface area contributed by atoms with E-state index >= 15 is 0 Å². The quantitative estimate of drug-likeness (QED) is 0.240. The number of hydrogen-bond donors (Lipinski definition) is 2. The van der Waals surface area contributed by atoms with Gasteiger partial charge in [0.2, 0.25) is 5.91 Å². The lowest BCUT2D eigenvalue weighted by Crippen LogP contribution is -2.65. The van der Waals surface area contributed by atoms with Gasteiger partial charge in [-0.25, -0.2) is 9.59 Å². The molecule has 3 aromatic rings. The monoisotopic (exact) mass is 580 g/mol. The summed E-state index contributed by atoms with van der Waals surface area (Å²) in [4.78, 5) is 39.5. The molecule has 3 rings (SSSR count). The van der Waals surface area contributed by atoms with Crippen molar-refractivity contribution in [2.75, 3.05) is 18.6 Å². The van der Waals surface area contributed by atoms with Crippen LogP contribution in [0.3, 0.4) is 0 Å². The van der Waals surface area contributed by atoms with Crippen LogP contribution in [0.15, 0.2) is 91.0 Å². The lowest BCUT2D eigenvalue weighted by molar-refractivity contribution is -0.149. The molecule has 0 aliphatic carbocycles. The summed E-state index contributed by atoms with van der Waals surface area (Å²) < 4.78 is 10.5. The Morgan fingerprint density at radius 3 is 1.60 bits per heavy atom. The lowest BCUT2D eigenvalue weighted by atomic mass is 9.99. The Labute approximate surface area is 244 Å². The minimum atomic E-state index is -1.37. The first-order chi connectivity index (χ1) is 19.2. The van der Waals surface area contributed by atoms with E-state index in [2.05, 4.69) is 10.6 Å². The van der Waals surface area contributed by atoms with Crippen LogP contribution in [0.25, 0.3) is 0 Å². The van der Waals surface area contributed by atoms with Crippen LogP contribution >= 0.6 is 23.5 Å². The lowest BCUT2D eigenvalue weighted by Gasteiger charge is -2.34. The molecule has 0 fully saturated rings. The van der Waals surface area contributed by atoms with Gasteiger partial charge >= 0.3 is 12.1 Å². The number of esters is 1. The van der Waals surface area contributed by atoms with Crippen molar-refractivity contribution < 1.29 is 23.9 Å². The van der Waals surface area contributed by atoms with Crippen LogP contribution in [0.2, 0.25) is 0 Å². The number of benzene rings is 3. The van der Waals surface area contributed by atoms with E-state index in [-0.39, 0.29) is 18.1 Å². The molecule has 0 spiro atoms. The van der Waals surface area contributed by atoms with Gasteiger partial charge < -0.3 is 20.1 Å². The zero-order valence-electron chi connectivity index (χ0n) is 23.1. The fourth-order valence-corrected chi connectivity index (χ4v) is 6.07. The molecule has 0 bridgehead atoms. The maximum atomic E-state index is 13.8. The molecule has 40 heavy (non-hydrogen) atoms. The van der Waals surface area contributed by atoms with E-state index in [1.807, 2.05) is 91.0 Å². The highest BCUT2D eigenvalue weighted by atomic mass is 32.2. The molecular formula is C31H36N2O5S2. The summed E-state index contributed by atoms with van der Waals surface area (Å²) >= 11 is 3.01.